The highest BCUT2D eigenvalue weighted by Crippen LogP contribution is 2.46. The molecule has 2 amide bonds. The molecule has 9 heteroatoms. The number of H-pyrrole nitrogens is 1. The maximum Gasteiger partial charge on any atom is 0.416 e. The van der Waals surface area contributed by atoms with Crippen molar-refractivity contribution in [1.82, 2.24) is 15.3 Å². The first-order chi connectivity index (χ1) is 13.8. The molecule has 0 bridgehead atoms. The third kappa shape index (κ3) is 4.23. The van der Waals surface area contributed by atoms with E-state index < -0.39 is 17.6 Å². The van der Waals surface area contributed by atoms with Gasteiger partial charge >= 0.3 is 6.18 Å². The lowest BCUT2D eigenvalue weighted by Crippen LogP contribution is -2.34. The Kier molecular flexibility index (Phi) is 4.73. The van der Waals surface area contributed by atoms with E-state index in [-0.39, 0.29) is 30.0 Å². The molecular formula is C20H17F3N4O2. The molecule has 150 valence electrons. The number of carbonyl (C=O) groups excluding carboxylic acids is 2. The van der Waals surface area contributed by atoms with Crippen LogP contribution in [0.15, 0.2) is 48.5 Å². The Hall–Kier alpha value is -3.36. The second-order valence-corrected chi connectivity index (χ2v) is 6.93. The number of halogens is 3. The number of nitrogens with zero attached hydrogens (tertiary/aromatic N) is 1. The van der Waals surface area contributed by atoms with Crippen molar-refractivity contribution in [2.75, 3.05) is 11.9 Å². The van der Waals surface area contributed by atoms with Gasteiger partial charge in [-0.3, -0.25) is 9.59 Å². The summed E-state index contributed by atoms with van der Waals surface area (Å²) in [5, 5.41) is 5.02. The zero-order valence-corrected chi connectivity index (χ0v) is 15.1. The molecule has 0 radical (unpaired) electrons. The minimum atomic E-state index is -4.43. The average Bonchev–Trinajstić information content (AvgIpc) is 3.37. The lowest BCUT2D eigenvalue weighted by atomic mass is 10.2. The van der Waals surface area contributed by atoms with Crippen molar-refractivity contribution >= 4 is 28.5 Å². The van der Waals surface area contributed by atoms with Crippen LogP contribution in [0.25, 0.3) is 11.0 Å². The van der Waals surface area contributed by atoms with E-state index in [1.807, 2.05) is 24.3 Å². The van der Waals surface area contributed by atoms with Crippen molar-refractivity contribution in [3.8, 4) is 0 Å². The van der Waals surface area contributed by atoms with Gasteiger partial charge in [-0.05, 0) is 42.8 Å². The van der Waals surface area contributed by atoms with E-state index in [1.165, 1.54) is 12.1 Å². The van der Waals surface area contributed by atoms with E-state index in [1.54, 1.807) is 0 Å². The van der Waals surface area contributed by atoms with Crippen LogP contribution in [0.3, 0.4) is 0 Å². The van der Waals surface area contributed by atoms with Crippen LogP contribution in [0, 0.1) is 5.92 Å². The average molecular weight is 402 g/mol. The summed E-state index contributed by atoms with van der Waals surface area (Å²) in [6.07, 6.45) is -3.79. The largest absolute Gasteiger partial charge is 0.416 e. The van der Waals surface area contributed by atoms with E-state index in [0.717, 1.165) is 29.0 Å². The Morgan fingerprint density at radius 3 is 2.52 bits per heavy atom. The molecule has 2 atom stereocenters. The van der Waals surface area contributed by atoms with Gasteiger partial charge in [0.15, 0.2) is 0 Å². The Morgan fingerprint density at radius 2 is 1.83 bits per heavy atom. The molecule has 1 saturated carbocycles. The first-order valence-corrected chi connectivity index (χ1v) is 9.01. The smallest absolute Gasteiger partial charge is 0.347 e. The molecule has 1 aromatic heterocycles. The Balaban J connectivity index is 1.27. The number of amides is 2. The van der Waals surface area contributed by atoms with Crippen molar-refractivity contribution in [3.63, 3.8) is 0 Å². The van der Waals surface area contributed by atoms with Crippen LogP contribution in [0.2, 0.25) is 0 Å². The zero-order chi connectivity index (χ0) is 20.6. The zero-order valence-electron chi connectivity index (χ0n) is 15.1. The number of nitrogens with one attached hydrogen (secondary N) is 3. The molecule has 3 aromatic rings. The number of para-hydroxylation sites is 2. The Bertz CT molecular complexity index is 1030. The van der Waals surface area contributed by atoms with Crippen molar-refractivity contribution in [3.05, 3.63) is 59.9 Å². The van der Waals surface area contributed by atoms with E-state index in [0.29, 0.717) is 6.42 Å². The van der Waals surface area contributed by atoms with Gasteiger partial charge in [0.05, 0.1) is 23.1 Å². The number of hydrogen-bond acceptors (Lipinski definition) is 3. The van der Waals surface area contributed by atoms with Gasteiger partial charge in [-0.25, -0.2) is 4.98 Å². The van der Waals surface area contributed by atoms with Crippen molar-refractivity contribution in [2.24, 2.45) is 5.92 Å². The predicted molar refractivity (Wildman–Crippen MR) is 100 cm³/mol. The first-order valence-electron chi connectivity index (χ1n) is 9.01. The predicted octanol–water partition coefficient (Wildman–Crippen LogP) is 3.44. The maximum atomic E-state index is 12.5. The third-order valence-electron chi connectivity index (χ3n) is 4.81. The van der Waals surface area contributed by atoms with Crippen LogP contribution in [-0.4, -0.2) is 28.3 Å². The lowest BCUT2D eigenvalue weighted by molar-refractivity contribution is -0.137. The molecule has 2 unspecified atom stereocenters. The molecule has 3 N–H and O–H groups in total. The number of aromatic nitrogens is 2. The normalized spacial score (nSPS) is 18.4. The van der Waals surface area contributed by atoms with Crippen LogP contribution >= 0.6 is 0 Å². The second-order valence-electron chi connectivity index (χ2n) is 6.93. The van der Waals surface area contributed by atoms with Gasteiger partial charge in [-0.1, -0.05) is 12.1 Å². The SMILES string of the molecule is O=C(CNC(=O)C1CC1c1nc2ccccc2[nH]1)Nc1ccc(C(F)(F)F)cc1. The fourth-order valence-corrected chi connectivity index (χ4v) is 3.18. The van der Waals surface area contributed by atoms with Gasteiger partial charge in [0, 0.05) is 17.5 Å². The van der Waals surface area contributed by atoms with Crippen molar-refractivity contribution in [1.29, 1.82) is 0 Å². The molecule has 1 aliphatic carbocycles. The highest BCUT2D eigenvalue weighted by Gasteiger charge is 2.46. The highest BCUT2D eigenvalue weighted by atomic mass is 19.4. The summed E-state index contributed by atoms with van der Waals surface area (Å²) in [4.78, 5) is 31.9. The molecule has 29 heavy (non-hydrogen) atoms. The van der Waals surface area contributed by atoms with Gasteiger partial charge in [-0.15, -0.1) is 0 Å². The van der Waals surface area contributed by atoms with E-state index in [4.69, 9.17) is 0 Å². The summed E-state index contributed by atoms with van der Waals surface area (Å²) in [5.74, 6) is -0.285. The number of alkyl halides is 3. The summed E-state index contributed by atoms with van der Waals surface area (Å²) in [7, 11) is 0. The standard InChI is InChI=1S/C20H17F3N4O2/c21-20(22,23)11-5-7-12(8-6-11)25-17(28)10-24-19(29)14-9-13(14)18-26-15-3-1-2-4-16(15)27-18/h1-8,13-14H,9-10H2,(H,24,29)(H,25,28)(H,26,27). The summed E-state index contributed by atoms with van der Waals surface area (Å²) in [5.41, 5.74) is 1.17. The molecule has 1 fully saturated rings. The minimum Gasteiger partial charge on any atom is -0.347 e. The second kappa shape index (κ2) is 7.23. The quantitative estimate of drug-likeness (QED) is 0.611. The van der Waals surface area contributed by atoms with Crippen LogP contribution < -0.4 is 10.6 Å². The number of fused-ring (bicyclic) bond motifs is 1. The summed E-state index contributed by atoms with van der Waals surface area (Å²) in [6, 6.07) is 11.7. The Morgan fingerprint density at radius 1 is 1.10 bits per heavy atom. The van der Waals surface area contributed by atoms with Crippen LogP contribution in [0.5, 0.6) is 0 Å². The fraction of sp³-hybridized carbons (Fsp3) is 0.250. The molecule has 1 heterocycles. The molecule has 0 saturated heterocycles. The van der Waals surface area contributed by atoms with Gasteiger partial charge in [0.25, 0.3) is 0 Å². The van der Waals surface area contributed by atoms with E-state index in [2.05, 4.69) is 20.6 Å². The number of carbonyl (C=O) groups is 2. The molecule has 6 nitrogen and oxygen atoms in total. The number of benzene rings is 2. The summed E-state index contributed by atoms with van der Waals surface area (Å²) in [6.45, 7) is -0.261. The van der Waals surface area contributed by atoms with E-state index in [9.17, 15) is 22.8 Å². The lowest BCUT2D eigenvalue weighted by Gasteiger charge is -2.09. The third-order valence-corrected chi connectivity index (χ3v) is 4.81. The maximum absolute atomic E-state index is 12.5. The van der Waals surface area contributed by atoms with Gasteiger partial charge in [0.1, 0.15) is 5.82 Å². The summed E-state index contributed by atoms with van der Waals surface area (Å²) >= 11 is 0. The fourth-order valence-electron chi connectivity index (χ4n) is 3.18. The minimum absolute atomic E-state index is 0.0135. The number of anilines is 1. The molecule has 1 aliphatic rings. The van der Waals surface area contributed by atoms with Crippen LogP contribution in [0.4, 0.5) is 18.9 Å². The molecule has 0 aliphatic heterocycles. The van der Waals surface area contributed by atoms with E-state index >= 15 is 0 Å². The molecular weight excluding hydrogens is 385 g/mol. The molecule has 0 spiro atoms. The topological polar surface area (TPSA) is 86.9 Å². The Labute approximate surface area is 163 Å². The molecule has 2 aromatic carbocycles. The van der Waals surface area contributed by atoms with Crippen LogP contribution in [0.1, 0.15) is 23.7 Å². The number of hydrogen-bond donors (Lipinski definition) is 3. The van der Waals surface area contributed by atoms with Gasteiger partial charge < -0.3 is 15.6 Å². The van der Waals surface area contributed by atoms with Crippen molar-refractivity contribution in [2.45, 2.75) is 18.5 Å². The summed E-state index contributed by atoms with van der Waals surface area (Å²) < 4.78 is 37.6. The first kappa shape index (κ1) is 19.0. The number of imidazole rings is 1. The highest BCUT2D eigenvalue weighted by molar-refractivity contribution is 5.95. The van der Waals surface area contributed by atoms with Gasteiger partial charge in [-0.2, -0.15) is 13.2 Å². The monoisotopic (exact) mass is 402 g/mol. The van der Waals surface area contributed by atoms with Gasteiger partial charge in [0.2, 0.25) is 11.8 Å². The molecule has 4 rings (SSSR count). The number of aromatic amines is 1. The van der Waals surface area contributed by atoms with Crippen molar-refractivity contribution < 1.29 is 22.8 Å². The van der Waals surface area contributed by atoms with Crippen LogP contribution in [-0.2, 0) is 15.8 Å². The number of rotatable bonds is 5.